The Labute approximate surface area is 173 Å². The van der Waals surface area contributed by atoms with Crippen LogP contribution in [0.25, 0.3) is 11.2 Å². The van der Waals surface area contributed by atoms with Gasteiger partial charge in [0.05, 0.1) is 12.6 Å². The number of nitrogens with zero attached hydrogens (tertiary/aromatic N) is 4. The highest BCUT2D eigenvalue weighted by molar-refractivity contribution is 5.74. The van der Waals surface area contributed by atoms with E-state index >= 15 is 0 Å². The molecular formula is C20H27N5O5. The Bertz CT molecular complexity index is 1140. The quantitative estimate of drug-likeness (QED) is 0.470. The predicted molar refractivity (Wildman–Crippen MR) is 113 cm³/mol. The standard InChI is InChI=1S/C20H27N5O5/c1-12-5-7-15(8-6-12)30-11-14(27)10-25-16-17(22-19(25)21-9-13(2)26)23(3)20(29)24(4)18(16)28/h5-8,13-14,26-27H,9-11H2,1-4H3,(H,21,22)/t13-,14-/m1/s1. The first-order chi connectivity index (χ1) is 14.2. The van der Waals surface area contributed by atoms with Crippen LogP contribution in [0.5, 0.6) is 5.75 Å². The molecule has 0 aliphatic carbocycles. The third kappa shape index (κ3) is 4.39. The molecule has 2 aromatic heterocycles. The van der Waals surface area contributed by atoms with Crippen molar-refractivity contribution in [1.29, 1.82) is 0 Å². The summed E-state index contributed by atoms with van der Waals surface area (Å²) in [6.45, 7) is 3.79. The number of hydrogen-bond donors (Lipinski definition) is 3. The van der Waals surface area contributed by atoms with Crippen molar-refractivity contribution in [2.24, 2.45) is 14.1 Å². The Morgan fingerprint density at radius 2 is 1.80 bits per heavy atom. The Hall–Kier alpha value is -3.11. The molecule has 0 spiro atoms. The summed E-state index contributed by atoms with van der Waals surface area (Å²) in [7, 11) is 2.91. The number of rotatable bonds is 8. The van der Waals surface area contributed by atoms with Gasteiger partial charge in [-0.15, -0.1) is 0 Å². The second-order valence-corrected chi connectivity index (χ2v) is 7.43. The first-order valence-corrected chi connectivity index (χ1v) is 9.64. The normalized spacial score (nSPS) is 13.4. The number of nitrogens with one attached hydrogen (secondary N) is 1. The van der Waals surface area contributed by atoms with Gasteiger partial charge in [0, 0.05) is 20.6 Å². The second kappa shape index (κ2) is 8.72. The molecule has 1 aromatic carbocycles. The molecule has 10 nitrogen and oxygen atoms in total. The van der Waals surface area contributed by atoms with Crippen LogP contribution in [-0.2, 0) is 20.6 Å². The molecule has 10 heteroatoms. The lowest BCUT2D eigenvalue weighted by Gasteiger charge is -2.16. The summed E-state index contributed by atoms with van der Waals surface area (Å²) < 4.78 is 9.42. The number of aliphatic hydroxyl groups excluding tert-OH is 2. The van der Waals surface area contributed by atoms with Gasteiger partial charge in [-0.25, -0.2) is 4.79 Å². The van der Waals surface area contributed by atoms with E-state index in [1.54, 1.807) is 6.92 Å². The van der Waals surface area contributed by atoms with Crippen LogP contribution < -0.4 is 21.3 Å². The van der Waals surface area contributed by atoms with Gasteiger partial charge in [0.15, 0.2) is 11.2 Å². The lowest BCUT2D eigenvalue weighted by molar-refractivity contribution is 0.0937. The summed E-state index contributed by atoms with van der Waals surface area (Å²) in [6, 6.07) is 7.45. The highest BCUT2D eigenvalue weighted by atomic mass is 16.5. The molecule has 0 unspecified atom stereocenters. The minimum Gasteiger partial charge on any atom is -0.491 e. The molecule has 0 aliphatic rings. The van der Waals surface area contributed by atoms with E-state index in [2.05, 4.69) is 10.3 Å². The zero-order chi connectivity index (χ0) is 22.0. The predicted octanol–water partition coefficient (Wildman–Crippen LogP) is -0.0253. The third-order valence-corrected chi connectivity index (χ3v) is 4.76. The Balaban J connectivity index is 1.93. The van der Waals surface area contributed by atoms with Crippen molar-refractivity contribution < 1.29 is 14.9 Å². The van der Waals surface area contributed by atoms with Gasteiger partial charge < -0.3 is 24.8 Å². The largest absolute Gasteiger partial charge is 0.491 e. The van der Waals surface area contributed by atoms with E-state index in [0.717, 1.165) is 10.1 Å². The van der Waals surface area contributed by atoms with Crippen molar-refractivity contribution in [2.45, 2.75) is 32.6 Å². The summed E-state index contributed by atoms with van der Waals surface area (Å²) in [5.74, 6) is 0.902. The van der Waals surface area contributed by atoms with E-state index in [1.807, 2.05) is 31.2 Å². The van der Waals surface area contributed by atoms with E-state index in [-0.39, 0.29) is 36.8 Å². The molecule has 2 heterocycles. The fourth-order valence-electron chi connectivity index (χ4n) is 3.09. The van der Waals surface area contributed by atoms with Gasteiger partial charge in [0.25, 0.3) is 5.56 Å². The van der Waals surface area contributed by atoms with Crippen LogP contribution in [0.15, 0.2) is 33.9 Å². The number of anilines is 1. The number of aliphatic hydroxyl groups is 2. The van der Waals surface area contributed by atoms with Crippen molar-refractivity contribution in [3.63, 3.8) is 0 Å². The monoisotopic (exact) mass is 417 g/mol. The molecular weight excluding hydrogens is 390 g/mol. The summed E-state index contributed by atoms with van der Waals surface area (Å²) in [5.41, 5.74) is 0.466. The second-order valence-electron chi connectivity index (χ2n) is 7.43. The molecule has 0 radical (unpaired) electrons. The van der Waals surface area contributed by atoms with Crippen LogP contribution in [0.4, 0.5) is 5.95 Å². The van der Waals surface area contributed by atoms with Crippen LogP contribution >= 0.6 is 0 Å². The highest BCUT2D eigenvalue weighted by Crippen LogP contribution is 2.17. The van der Waals surface area contributed by atoms with Crippen molar-refractivity contribution in [3.8, 4) is 5.75 Å². The zero-order valence-electron chi connectivity index (χ0n) is 17.5. The first-order valence-electron chi connectivity index (χ1n) is 9.64. The number of aromatic nitrogens is 4. The fraction of sp³-hybridized carbons (Fsp3) is 0.450. The smallest absolute Gasteiger partial charge is 0.332 e. The van der Waals surface area contributed by atoms with Crippen LogP contribution in [-0.4, -0.2) is 54.3 Å². The maximum atomic E-state index is 12.8. The average Bonchev–Trinajstić information content (AvgIpc) is 3.07. The lowest BCUT2D eigenvalue weighted by Crippen LogP contribution is -2.38. The molecule has 0 fully saturated rings. The molecule has 0 saturated heterocycles. The molecule has 0 aliphatic heterocycles. The van der Waals surface area contributed by atoms with Crippen LogP contribution in [0.3, 0.4) is 0 Å². The summed E-state index contributed by atoms with van der Waals surface area (Å²) >= 11 is 0. The molecule has 162 valence electrons. The minimum atomic E-state index is -0.947. The van der Waals surface area contributed by atoms with Crippen molar-refractivity contribution in [3.05, 3.63) is 50.7 Å². The number of fused-ring (bicyclic) bond motifs is 1. The van der Waals surface area contributed by atoms with Gasteiger partial charge in [-0.3, -0.25) is 13.9 Å². The van der Waals surface area contributed by atoms with Gasteiger partial charge in [0.2, 0.25) is 5.95 Å². The summed E-state index contributed by atoms with van der Waals surface area (Å²) in [6.07, 6.45) is -1.60. The van der Waals surface area contributed by atoms with Gasteiger partial charge in [-0.2, -0.15) is 4.98 Å². The van der Waals surface area contributed by atoms with Crippen LogP contribution in [0.2, 0.25) is 0 Å². The number of aryl methyl sites for hydroxylation is 2. The van der Waals surface area contributed by atoms with Crippen molar-refractivity contribution in [2.75, 3.05) is 18.5 Å². The highest BCUT2D eigenvalue weighted by Gasteiger charge is 2.21. The van der Waals surface area contributed by atoms with E-state index in [9.17, 15) is 19.8 Å². The zero-order valence-corrected chi connectivity index (χ0v) is 17.5. The molecule has 2 atom stereocenters. The Morgan fingerprint density at radius 3 is 2.43 bits per heavy atom. The van der Waals surface area contributed by atoms with E-state index < -0.39 is 23.5 Å². The maximum Gasteiger partial charge on any atom is 0.332 e. The number of ether oxygens (including phenoxy) is 1. The van der Waals surface area contributed by atoms with E-state index in [0.29, 0.717) is 5.75 Å². The topological polar surface area (TPSA) is 124 Å². The van der Waals surface area contributed by atoms with Gasteiger partial charge in [-0.05, 0) is 26.0 Å². The molecule has 0 amide bonds. The number of imidazole rings is 1. The third-order valence-electron chi connectivity index (χ3n) is 4.76. The molecule has 0 saturated carbocycles. The van der Waals surface area contributed by atoms with Gasteiger partial charge in [-0.1, -0.05) is 17.7 Å². The van der Waals surface area contributed by atoms with Gasteiger partial charge >= 0.3 is 5.69 Å². The van der Waals surface area contributed by atoms with E-state index in [1.165, 1.54) is 23.2 Å². The number of benzene rings is 1. The van der Waals surface area contributed by atoms with Gasteiger partial charge in [0.1, 0.15) is 18.5 Å². The summed E-state index contributed by atoms with van der Waals surface area (Å²) in [5, 5.41) is 23.1. The van der Waals surface area contributed by atoms with Crippen molar-refractivity contribution >= 4 is 17.1 Å². The molecule has 3 N–H and O–H groups in total. The van der Waals surface area contributed by atoms with Crippen LogP contribution in [0.1, 0.15) is 12.5 Å². The first kappa shape index (κ1) is 21.6. The summed E-state index contributed by atoms with van der Waals surface area (Å²) in [4.78, 5) is 29.4. The molecule has 3 aromatic rings. The van der Waals surface area contributed by atoms with Crippen LogP contribution in [0, 0.1) is 6.92 Å². The fourth-order valence-corrected chi connectivity index (χ4v) is 3.09. The van der Waals surface area contributed by atoms with Crippen molar-refractivity contribution in [1.82, 2.24) is 18.7 Å². The maximum absolute atomic E-state index is 12.8. The average molecular weight is 417 g/mol. The lowest BCUT2D eigenvalue weighted by atomic mass is 10.2. The molecule has 0 bridgehead atoms. The minimum absolute atomic E-state index is 0.00462. The molecule has 3 rings (SSSR count). The Morgan fingerprint density at radius 1 is 1.13 bits per heavy atom. The SMILES string of the molecule is Cc1ccc(OC[C@H](O)Cn2c(NC[C@@H](C)O)nc3c2c(=O)n(C)c(=O)n3C)cc1. The Kier molecular flexibility index (Phi) is 6.28. The van der Waals surface area contributed by atoms with E-state index in [4.69, 9.17) is 4.74 Å². The molecule has 30 heavy (non-hydrogen) atoms. The number of hydrogen-bond acceptors (Lipinski definition) is 7.